The zero-order chi connectivity index (χ0) is 15.5. The van der Waals surface area contributed by atoms with E-state index in [2.05, 4.69) is 4.18 Å². The summed E-state index contributed by atoms with van der Waals surface area (Å²) < 4.78 is 35.4. The van der Waals surface area contributed by atoms with Gasteiger partial charge in [-0.15, -0.1) is 0 Å². The molecule has 0 amide bonds. The molecule has 120 valence electrons. The van der Waals surface area contributed by atoms with Crippen molar-refractivity contribution in [3.8, 4) is 0 Å². The Morgan fingerprint density at radius 1 is 1.35 bits per heavy atom. The molecule has 0 aromatic heterocycles. The van der Waals surface area contributed by atoms with E-state index >= 15 is 0 Å². The summed E-state index contributed by atoms with van der Waals surface area (Å²) in [6.45, 7) is -1.23. The van der Waals surface area contributed by atoms with Gasteiger partial charge < -0.3 is 0 Å². The van der Waals surface area contributed by atoms with Crippen LogP contribution in [0.3, 0.4) is 0 Å². The van der Waals surface area contributed by atoms with E-state index in [1.807, 2.05) is 0 Å². The third kappa shape index (κ3) is 4.88. The molecule has 11 heteroatoms. The first-order chi connectivity index (χ1) is 9.19. The van der Waals surface area contributed by atoms with E-state index in [0.29, 0.717) is 0 Å². The van der Waals surface area contributed by atoms with Crippen LogP contribution in [0.1, 0.15) is 0 Å². The second kappa shape index (κ2) is 7.45. The summed E-state index contributed by atoms with van der Waals surface area (Å²) in [5.41, 5.74) is 0. The van der Waals surface area contributed by atoms with Crippen molar-refractivity contribution in [1.29, 1.82) is 0 Å². The van der Waals surface area contributed by atoms with Crippen LogP contribution in [-0.2, 0) is 14.6 Å². The number of hydrogen-bond acceptors (Lipinski definition) is 9. The molecular weight excluding hydrogens is 363 g/mol. The Hall–Kier alpha value is 0.189. The predicted molar refractivity (Wildman–Crippen MR) is 65.9 cm³/mol. The van der Waals surface area contributed by atoms with Crippen molar-refractivity contribution in [1.82, 2.24) is 0 Å². The molecule has 1 heterocycles. The van der Waals surface area contributed by atoms with Crippen LogP contribution < -0.4 is 0 Å². The van der Waals surface area contributed by atoms with Gasteiger partial charge in [0.25, 0.3) is 0 Å². The van der Waals surface area contributed by atoms with E-state index in [-0.39, 0.29) is 17.2 Å². The van der Waals surface area contributed by atoms with Crippen LogP contribution in [0.4, 0.5) is 0 Å². The van der Waals surface area contributed by atoms with Crippen molar-refractivity contribution in [3.05, 3.63) is 0 Å². The molecule has 1 unspecified atom stereocenters. The number of aliphatic hydroxyl groups is 5. The summed E-state index contributed by atoms with van der Waals surface area (Å²) in [7, 11) is -5.06. The Balaban J connectivity index is 2.66. The van der Waals surface area contributed by atoms with Gasteiger partial charge in [-0.05, 0) is 0 Å². The van der Waals surface area contributed by atoms with Gasteiger partial charge in [0.05, 0.1) is 0 Å². The summed E-state index contributed by atoms with van der Waals surface area (Å²) in [6.07, 6.45) is -5.11. The van der Waals surface area contributed by atoms with Crippen LogP contribution in [0, 0.1) is 0 Å². The fraction of sp³-hybridized carbons (Fsp3) is 1.00. The topological polar surface area (TPSA) is 168 Å². The molecule has 0 aliphatic carbocycles. The monoisotopic (exact) mass is 382 g/mol. The van der Waals surface area contributed by atoms with E-state index in [1.165, 1.54) is 0 Å². The third-order valence-corrected chi connectivity index (χ3v) is 9.41. The standard InChI is InChI=1S/C9H18O9SSe/c10-1-7(18-19(15,16)17)5(12)3-20-4-6(13)9(14)8(20)2-11/h5-14H,1-4H2/t5-,6+,7+,8+,9-,20?/m0/s1. The van der Waals surface area contributed by atoms with Crippen molar-refractivity contribution in [3.63, 3.8) is 0 Å². The van der Waals surface area contributed by atoms with Crippen LogP contribution in [0.2, 0.25) is 15.5 Å². The Kier molecular flexibility index (Phi) is 6.80. The predicted octanol–water partition coefficient (Wildman–Crippen LogP) is -3.22. The van der Waals surface area contributed by atoms with Crippen molar-refractivity contribution >= 4 is 24.3 Å². The van der Waals surface area contributed by atoms with Crippen LogP contribution in [0.25, 0.3) is 0 Å². The van der Waals surface area contributed by atoms with E-state index in [0.717, 1.165) is 0 Å². The van der Waals surface area contributed by atoms with Gasteiger partial charge in [-0.25, -0.2) is 0 Å². The molecule has 5 N–H and O–H groups in total. The molecule has 0 radical (unpaired) electrons. The van der Waals surface area contributed by atoms with Crippen LogP contribution in [0.5, 0.6) is 0 Å². The van der Waals surface area contributed by atoms with Gasteiger partial charge in [0.1, 0.15) is 0 Å². The second-order valence-corrected chi connectivity index (χ2v) is 10.4. The quantitative estimate of drug-likeness (QED) is 0.173. The average molecular weight is 381 g/mol. The average Bonchev–Trinajstić information content (AvgIpc) is 2.60. The molecule has 1 rings (SSSR count). The first kappa shape index (κ1) is 18.2. The first-order valence-corrected chi connectivity index (χ1v) is 10.5. The molecule has 6 atom stereocenters. The van der Waals surface area contributed by atoms with Crippen LogP contribution in [-0.4, -0.2) is 90.0 Å². The van der Waals surface area contributed by atoms with E-state index in [1.54, 1.807) is 0 Å². The van der Waals surface area contributed by atoms with Crippen LogP contribution in [0.15, 0.2) is 0 Å². The maximum absolute atomic E-state index is 10.5. The summed E-state index contributed by atoms with van der Waals surface area (Å²) in [6, 6.07) is 0. The SMILES string of the molecule is O=S(=O)([O-])O[C@H](CO)[C@@H](O)C[Se+]1C[C@@H](O)[C@H](O)[C@H]1CO. The number of rotatable bonds is 7. The molecule has 0 aromatic carbocycles. The van der Waals surface area contributed by atoms with Crippen molar-refractivity contribution in [2.75, 3.05) is 13.2 Å². The first-order valence-electron chi connectivity index (χ1n) is 5.76. The molecule has 0 aromatic rings. The summed E-state index contributed by atoms with van der Waals surface area (Å²) in [5, 5.41) is 47.3. The van der Waals surface area contributed by atoms with Crippen molar-refractivity contribution in [2.24, 2.45) is 0 Å². The molecular formula is C9H18O9SSe. The summed E-state index contributed by atoms with van der Waals surface area (Å²) >= 11 is -1.85. The number of aliphatic hydroxyl groups excluding tert-OH is 5. The van der Waals surface area contributed by atoms with Gasteiger partial charge in [-0.2, -0.15) is 0 Å². The molecule has 9 nitrogen and oxygen atoms in total. The zero-order valence-electron chi connectivity index (χ0n) is 10.4. The van der Waals surface area contributed by atoms with E-state index < -0.39 is 60.1 Å². The molecule has 0 spiro atoms. The fourth-order valence-electron chi connectivity index (χ4n) is 1.99. The van der Waals surface area contributed by atoms with Crippen molar-refractivity contribution < 1.29 is 42.7 Å². The Bertz CT molecular complexity index is 402. The zero-order valence-corrected chi connectivity index (χ0v) is 12.9. The maximum atomic E-state index is 10.5. The third-order valence-electron chi connectivity index (χ3n) is 3.00. The van der Waals surface area contributed by atoms with Gasteiger partial charge >= 0.3 is 120 Å². The molecule has 0 bridgehead atoms. The van der Waals surface area contributed by atoms with E-state index in [9.17, 15) is 33.4 Å². The minimum atomic E-state index is -5.06. The Morgan fingerprint density at radius 3 is 2.40 bits per heavy atom. The Labute approximate surface area is 120 Å². The fourth-order valence-corrected chi connectivity index (χ4v) is 8.16. The van der Waals surface area contributed by atoms with Gasteiger partial charge in [0, 0.05) is 0 Å². The van der Waals surface area contributed by atoms with Crippen molar-refractivity contribution in [2.45, 2.75) is 39.9 Å². The second-order valence-electron chi connectivity index (χ2n) is 4.44. The molecule has 1 aliphatic heterocycles. The van der Waals surface area contributed by atoms with E-state index in [4.69, 9.17) is 5.11 Å². The molecule has 1 fully saturated rings. The summed E-state index contributed by atoms with van der Waals surface area (Å²) in [4.78, 5) is -0.553. The molecule has 20 heavy (non-hydrogen) atoms. The minimum absolute atomic E-state index is 0.0138. The molecule has 1 saturated heterocycles. The normalized spacial score (nSPS) is 34.1. The Morgan fingerprint density at radius 2 is 1.95 bits per heavy atom. The number of hydrogen-bond donors (Lipinski definition) is 5. The molecule has 0 saturated carbocycles. The van der Waals surface area contributed by atoms with Gasteiger partial charge in [-0.1, -0.05) is 0 Å². The van der Waals surface area contributed by atoms with Gasteiger partial charge in [0.2, 0.25) is 0 Å². The van der Waals surface area contributed by atoms with Gasteiger partial charge in [-0.3, -0.25) is 0 Å². The van der Waals surface area contributed by atoms with Gasteiger partial charge in [0.15, 0.2) is 0 Å². The van der Waals surface area contributed by atoms with Crippen LogP contribution >= 0.6 is 0 Å². The summed E-state index contributed by atoms with van der Waals surface area (Å²) in [5.74, 6) is 0. The molecule has 1 aliphatic rings.